The molecule has 10 nitrogen and oxygen atoms in total. The van der Waals surface area contributed by atoms with Gasteiger partial charge in [-0.3, -0.25) is 9.59 Å². The van der Waals surface area contributed by atoms with Gasteiger partial charge in [-0.1, -0.05) is 48.6 Å². The van der Waals surface area contributed by atoms with Crippen molar-refractivity contribution in [2.75, 3.05) is 6.61 Å². The largest absolute Gasteiger partial charge is 0.460 e. The lowest BCUT2D eigenvalue weighted by Crippen LogP contribution is -2.45. The zero-order chi connectivity index (χ0) is 35.0. The van der Waals surface area contributed by atoms with Crippen LogP contribution in [0.3, 0.4) is 0 Å². The summed E-state index contributed by atoms with van der Waals surface area (Å²) in [6.07, 6.45) is 9.47. The van der Waals surface area contributed by atoms with Crippen LogP contribution in [0.1, 0.15) is 86.3 Å². The fraction of sp³-hybridized carbons (Fsp3) is 0.525. The van der Waals surface area contributed by atoms with Gasteiger partial charge in [0.05, 0.1) is 30.4 Å². The van der Waals surface area contributed by atoms with Gasteiger partial charge in [-0.2, -0.15) is 0 Å². The fourth-order valence-electron chi connectivity index (χ4n) is 7.67. The van der Waals surface area contributed by atoms with Gasteiger partial charge in [0, 0.05) is 31.3 Å². The summed E-state index contributed by atoms with van der Waals surface area (Å²) in [4.78, 5) is 39.6. The van der Waals surface area contributed by atoms with Crippen LogP contribution in [0.5, 0.6) is 0 Å². The van der Waals surface area contributed by atoms with E-state index < -0.39 is 53.6 Å². The quantitative estimate of drug-likeness (QED) is 0.262. The van der Waals surface area contributed by atoms with Gasteiger partial charge in [-0.05, 0) is 87.3 Å². The Bertz CT molecular complexity index is 1650. The number of carbonyl (C=O) groups is 3. The first kappa shape index (κ1) is 34.6. The number of fused-ring (bicyclic) bond motifs is 3. The standard InChI is InChI=1S/C40H47NO9/c1-39(2,3)49-35(43)16-14-30(23-42)41-37(44)29-19-33(36-34(20-29)48-40(50-36)21-27-8-4-5-9-28(27)22-40)47-38(45)26-10-6-7-24(17-26)11-12-25-13-15-31-32(18-25)46-31/h4-12,17,20,25,30-34,36,42H,13-16,18-19,21-23H2,1-3H3,(H,41,44). The first-order valence-corrected chi connectivity index (χ1v) is 17.9. The number of amides is 1. The third kappa shape index (κ3) is 8.04. The summed E-state index contributed by atoms with van der Waals surface area (Å²) >= 11 is 0. The van der Waals surface area contributed by atoms with Crippen molar-refractivity contribution in [3.63, 3.8) is 0 Å². The molecule has 5 aliphatic rings. The van der Waals surface area contributed by atoms with Gasteiger partial charge in [0.1, 0.15) is 23.9 Å². The second-order valence-electron chi connectivity index (χ2n) is 15.3. The maximum Gasteiger partial charge on any atom is 0.338 e. The molecule has 0 radical (unpaired) electrons. The first-order chi connectivity index (χ1) is 24.0. The average molecular weight is 686 g/mol. The van der Waals surface area contributed by atoms with E-state index in [-0.39, 0.29) is 25.9 Å². The molecule has 2 aromatic carbocycles. The Kier molecular flexibility index (Phi) is 9.73. The fourth-order valence-corrected chi connectivity index (χ4v) is 7.67. The molecular formula is C40H47NO9. The number of epoxide rings is 1. The van der Waals surface area contributed by atoms with Gasteiger partial charge in [-0.25, -0.2) is 4.79 Å². The topological polar surface area (TPSA) is 133 Å². The molecule has 10 heteroatoms. The predicted octanol–water partition coefficient (Wildman–Crippen LogP) is 5.00. The molecule has 1 saturated carbocycles. The number of aliphatic hydroxyl groups is 1. The molecule has 2 aromatic rings. The molecule has 0 aromatic heterocycles. The number of allylic oxidation sites excluding steroid dienone is 1. The van der Waals surface area contributed by atoms with Crippen molar-refractivity contribution in [2.24, 2.45) is 5.92 Å². The number of benzene rings is 2. The Morgan fingerprint density at radius 2 is 1.82 bits per heavy atom. The summed E-state index contributed by atoms with van der Waals surface area (Å²) in [5, 5.41) is 12.9. The smallest absolute Gasteiger partial charge is 0.338 e. The number of esters is 2. The lowest BCUT2D eigenvalue weighted by Gasteiger charge is -2.31. The molecule has 3 fully saturated rings. The van der Waals surface area contributed by atoms with E-state index in [1.54, 1.807) is 32.9 Å². The van der Waals surface area contributed by atoms with Crippen LogP contribution in [-0.4, -0.2) is 77.5 Å². The Hall–Kier alpha value is -3.83. The third-order valence-corrected chi connectivity index (χ3v) is 10.2. The van der Waals surface area contributed by atoms with Crippen LogP contribution >= 0.6 is 0 Å². The van der Waals surface area contributed by atoms with E-state index in [4.69, 9.17) is 23.7 Å². The molecular weight excluding hydrogens is 638 g/mol. The summed E-state index contributed by atoms with van der Waals surface area (Å²) in [5.74, 6) is -1.81. The van der Waals surface area contributed by atoms with Crippen molar-refractivity contribution in [3.05, 3.63) is 88.5 Å². The second kappa shape index (κ2) is 14.1. The van der Waals surface area contributed by atoms with E-state index in [0.717, 1.165) is 36.0 Å². The minimum Gasteiger partial charge on any atom is -0.460 e. The number of carbonyl (C=O) groups excluding carboxylic acids is 3. The SMILES string of the molecule is CC(C)(C)OC(=O)CCC(CO)NC(=O)C1=CC2OC3(Cc4ccccc4C3)OC2C(OC(=O)c2cccc(C=CC3CCC4OC4C3)c2)C1. The zero-order valence-corrected chi connectivity index (χ0v) is 29.0. The number of hydrogen-bond donors (Lipinski definition) is 2. The van der Waals surface area contributed by atoms with E-state index in [1.165, 1.54) is 0 Å². The first-order valence-electron chi connectivity index (χ1n) is 17.9. The van der Waals surface area contributed by atoms with Crippen LogP contribution in [0.2, 0.25) is 0 Å². The number of nitrogens with one attached hydrogen (secondary N) is 1. The molecule has 266 valence electrons. The number of hydrogen-bond acceptors (Lipinski definition) is 9. The highest BCUT2D eigenvalue weighted by Crippen LogP contribution is 2.45. The second-order valence-corrected chi connectivity index (χ2v) is 15.3. The van der Waals surface area contributed by atoms with Crippen molar-refractivity contribution in [1.29, 1.82) is 0 Å². The molecule has 0 bridgehead atoms. The molecule has 2 aliphatic heterocycles. The maximum absolute atomic E-state index is 13.7. The molecule has 2 heterocycles. The van der Waals surface area contributed by atoms with Crippen molar-refractivity contribution in [1.82, 2.24) is 5.32 Å². The minimum atomic E-state index is -0.928. The van der Waals surface area contributed by atoms with Gasteiger partial charge < -0.3 is 34.1 Å². The van der Waals surface area contributed by atoms with E-state index in [2.05, 4.69) is 29.6 Å². The zero-order valence-electron chi connectivity index (χ0n) is 29.0. The van der Waals surface area contributed by atoms with E-state index >= 15 is 0 Å². The van der Waals surface area contributed by atoms with Crippen molar-refractivity contribution >= 4 is 23.9 Å². The van der Waals surface area contributed by atoms with Crippen LogP contribution in [0.25, 0.3) is 6.08 Å². The van der Waals surface area contributed by atoms with Crippen LogP contribution in [0.15, 0.2) is 66.3 Å². The highest BCUT2D eigenvalue weighted by atomic mass is 16.8. The molecule has 7 atom stereocenters. The van der Waals surface area contributed by atoms with Crippen molar-refractivity contribution in [3.8, 4) is 0 Å². The molecule has 2 N–H and O–H groups in total. The lowest BCUT2D eigenvalue weighted by atomic mass is 9.88. The average Bonchev–Trinajstić information content (AvgIpc) is 3.64. The Morgan fingerprint density at radius 1 is 1.04 bits per heavy atom. The minimum absolute atomic E-state index is 0.0388. The van der Waals surface area contributed by atoms with Crippen LogP contribution in [0.4, 0.5) is 0 Å². The van der Waals surface area contributed by atoms with Crippen LogP contribution in [-0.2, 0) is 46.1 Å². The molecule has 3 aliphatic carbocycles. The normalized spacial score (nSPS) is 28.3. The maximum atomic E-state index is 13.7. The molecule has 1 spiro atoms. The highest BCUT2D eigenvalue weighted by Gasteiger charge is 2.55. The van der Waals surface area contributed by atoms with Gasteiger partial charge in [0.25, 0.3) is 0 Å². The van der Waals surface area contributed by atoms with E-state index in [9.17, 15) is 19.5 Å². The molecule has 7 rings (SSSR count). The van der Waals surface area contributed by atoms with Gasteiger partial charge in [0.2, 0.25) is 5.91 Å². The van der Waals surface area contributed by atoms with Crippen LogP contribution in [0, 0.1) is 5.92 Å². The van der Waals surface area contributed by atoms with Gasteiger partial charge in [-0.15, -0.1) is 0 Å². The summed E-state index contributed by atoms with van der Waals surface area (Å²) in [6.45, 7) is 5.01. The van der Waals surface area contributed by atoms with Crippen LogP contribution < -0.4 is 5.32 Å². The Balaban J connectivity index is 1.05. The Labute approximate surface area is 293 Å². The summed E-state index contributed by atoms with van der Waals surface area (Å²) < 4.78 is 30.4. The molecule has 2 saturated heterocycles. The van der Waals surface area contributed by atoms with Crippen molar-refractivity contribution in [2.45, 2.75) is 120 Å². The monoisotopic (exact) mass is 685 g/mol. The van der Waals surface area contributed by atoms with E-state index in [1.807, 2.05) is 30.3 Å². The number of rotatable bonds is 10. The molecule has 50 heavy (non-hydrogen) atoms. The summed E-state index contributed by atoms with van der Waals surface area (Å²) in [7, 11) is 0. The molecule has 7 unspecified atom stereocenters. The Morgan fingerprint density at radius 3 is 2.54 bits per heavy atom. The summed E-state index contributed by atoms with van der Waals surface area (Å²) in [6, 6.07) is 14.8. The van der Waals surface area contributed by atoms with E-state index in [0.29, 0.717) is 42.1 Å². The highest BCUT2D eigenvalue weighted by molar-refractivity contribution is 5.94. The summed E-state index contributed by atoms with van der Waals surface area (Å²) in [5.41, 5.74) is 3.32. The lowest BCUT2D eigenvalue weighted by molar-refractivity contribution is -0.172. The number of ether oxygens (including phenoxy) is 5. The third-order valence-electron chi connectivity index (χ3n) is 10.2. The van der Waals surface area contributed by atoms with Gasteiger partial charge in [0.15, 0.2) is 5.79 Å². The predicted molar refractivity (Wildman–Crippen MR) is 184 cm³/mol. The number of aliphatic hydroxyl groups excluding tert-OH is 1. The van der Waals surface area contributed by atoms with Crippen molar-refractivity contribution < 1.29 is 43.2 Å². The molecule has 1 amide bonds. The van der Waals surface area contributed by atoms with Gasteiger partial charge >= 0.3 is 11.9 Å².